The second-order valence-electron chi connectivity index (χ2n) is 10.9. The summed E-state index contributed by atoms with van der Waals surface area (Å²) in [5.74, 6) is 3.33. The summed E-state index contributed by atoms with van der Waals surface area (Å²) in [5.41, 5.74) is 0. The minimum Gasteiger partial charge on any atom is -0.265 e. The smallest absolute Gasteiger partial charge is 0.115 e. The Hall–Kier alpha value is -3.47. The molecule has 0 fully saturated rings. The van der Waals surface area contributed by atoms with Crippen LogP contribution in [0.25, 0.3) is 0 Å². The molecule has 0 aliphatic rings. The van der Waals surface area contributed by atoms with E-state index in [4.69, 9.17) is 0 Å². The average molecular weight is 686 g/mol. The van der Waals surface area contributed by atoms with Gasteiger partial charge in [0.05, 0.1) is 0 Å². The van der Waals surface area contributed by atoms with Crippen molar-refractivity contribution in [3.05, 3.63) is 117 Å². The van der Waals surface area contributed by atoms with Crippen LogP contribution in [0.15, 0.2) is 117 Å². The highest BCUT2D eigenvalue weighted by Crippen LogP contribution is 1.82. The zero-order valence-corrected chi connectivity index (χ0v) is 35.5. The van der Waals surface area contributed by atoms with Crippen LogP contribution in [0.2, 0.25) is 0 Å². The largest absolute Gasteiger partial charge is 0.265 e. The third-order valence-electron chi connectivity index (χ3n) is 2.19. The Morgan fingerprint density at radius 1 is 0.245 bits per heavy atom. The summed E-state index contributed by atoms with van der Waals surface area (Å²) in [6.07, 6.45) is 14.9. The van der Waals surface area contributed by atoms with Crippen molar-refractivity contribution in [3.63, 3.8) is 0 Å². The second kappa shape index (κ2) is 79.7. The Morgan fingerprint density at radius 3 is 0.490 bits per heavy atom. The third-order valence-corrected chi connectivity index (χ3v) is 2.19. The van der Waals surface area contributed by atoms with Gasteiger partial charge >= 0.3 is 0 Å². The fourth-order valence-electron chi connectivity index (χ4n) is 1.20. The van der Waals surface area contributed by atoms with E-state index in [0.717, 1.165) is 23.7 Å². The lowest BCUT2D eigenvalue weighted by Crippen LogP contribution is -1.66. The number of benzene rings is 1. The quantitative estimate of drug-likeness (QED) is 0.184. The Labute approximate surface area is 310 Å². The molecule has 0 spiro atoms. The average Bonchev–Trinajstić information content (AvgIpc) is 3.11. The molecule has 4 rings (SSSR count). The molecule has 49 heavy (non-hydrogen) atoms. The number of rotatable bonds is 0. The number of aromatic nitrogens is 5. The maximum atomic E-state index is 3.78. The Balaban J connectivity index is -0.0000000520. The van der Waals surface area contributed by atoms with Crippen LogP contribution in [0.1, 0.15) is 146 Å². The minimum absolute atomic E-state index is 0. The normalized spacial score (nSPS) is 7.35. The molecule has 0 unspecified atom stereocenters. The lowest BCUT2D eigenvalue weighted by molar-refractivity contribution is 0.736. The van der Waals surface area contributed by atoms with Gasteiger partial charge in [0.2, 0.25) is 0 Å². The maximum absolute atomic E-state index is 3.78. The number of pyridine rings is 1. The molecule has 0 radical (unpaired) electrons. The molecule has 4 aromatic rings. The Morgan fingerprint density at radius 2 is 0.408 bits per heavy atom. The highest BCUT2D eigenvalue weighted by molar-refractivity contribution is 4.99. The molecule has 3 heterocycles. The van der Waals surface area contributed by atoms with Crippen molar-refractivity contribution in [2.45, 2.75) is 146 Å². The first kappa shape index (κ1) is 67.7. The Bertz CT molecular complexity index is 575. The molecule has 3 aromatic heterocycles. The molecule has 0 saturated heterocycles. The van der Waals surface area contributed by atoms with Crippen molar-refractivity contribution in [1.29, 1.82) is 0 Å². The van der Waals surface area contributed by atoms with Gasteiger partial charge in [-0.05, 0) is 41.9 Å². The predicted octanol–water partition coefficient (Wildman–Crippen LogP) is 15.1. The van der Waals surface area contributed by atoms with Crippen LogP contribution in [0, 0.1) is 23.7 Å². The first-order chi connectivity index (χ1) is 22.9. The lowest BCUT2D eigenvalue weighted by atomic mass is 10.3. The zero-order valence-electron chi connectivity index (χ0n) is 35.5. The molecular formula is C44H87N5. The van der Waals surface area contributed by atoms with Crippen molar-refractivity contribution in [2.24, 2.45) is 23.7 Å². The molecule has 0 N–H and O–H groups in total. The van der Waals surface area contributed by atoms with Crippen molar-refractivity contribution in [1.82, 2.24) is 24.9 Å². The van der Waals surface area contributed by atoms with Gasteiger partial charge in [0.15, 0.2) is 0 Å². The van der Waals surface area contributed by atoms with E-state index in [0.29, 0.717) is 0 Å². The van der Waals surface area contributed by atoms with Crippen LogP contribution < -0.4 is 0 Å². The summed E-state index contributed by atoms with van der Waals surface area (Å²) in [6, 6.07) is 19.5. The molecule has 0 atom stereocenters. The van der Waals surface area contributed by atoms with E-state index >= 15 is 0 Å². The molecule has 0 amide bonds. The molecule has 0 saturated carbocycles. The fraction of sp³-hybridized carbons (Fsp3) is 0.568. The monoisotopic (exact) mass is 686 g/mol. The number of hydrogen-bond donors (Lipinski definition) is 0. The third kappa shape index (κ3) is 191. The van der Waals surface area contributed by atoms with Crippen LogP contribution in [0.5, 0.6) is 0 Å². The molecule has 5 nitrogen and oxygen atoms in total. The van der Waals surface area contributed by atoms with Crippen LogP contribution >= 0.6 is 0 Å². The van der Waals surface area contributed by atoms with E-state index < -0.39 is 0 Å². The van der Waals surface area contributed by atoms with Crippen molar-refractivity contribution in [3.8, 4) is 0 Å². The van der Waals surface area contributed by atoms with Crippen molar-refractivity contribution >= 4 is 0 Å². The molecule has 0 bridgehead atoms. The van der Waals surface area contributed by atoms with Crippen molar-refractivity contribution in [2.75, 3.05) is 0 Å². The van der Waals surface area contributed by atoms with E-state index in [-0.39, 0.29) is 7.43 Å². The van der Waals surface area contributed by atoms with Gasteiger partial charge in [-0.25, -0.2) is 9.97 Å². The summed E-state index contributed by atoms with van der Waals surface area (Å²) < 4.78 is 0. The first-order valence-corrected chi connectivity index (χ1v) is 18.2. The van der Waals surface area contributed by atoms with Gasteiger partial charge in [-0.2, -0.15) is 0 Å². The van der Waals surface area contributed by atoms with E-state index in [9.17, 15) is 0 Å². The van der Waals surface area contributed by atoms with Gasteiger partial charge in [-0.3, -0.25) is 15.0 Å². The van der Waals surface area contributed by atoms with Gasteiger partial charge in [0, 0.05) is 49.6 Å². The lowest BCUT2D eigenvalue weighted by Gasteiger charge is -1.79. The van der Waals surface area contributed by atoms with E-state index in [1.54, 1.807) is 55.6 Å². The minimum atomic E-state index is 0. The summed E-state index contributed by atoms with van der Waals surface area (Å²) in [6.45, 7) is 42.0. The maximum Gasteiger partial charge on any atom is 0.115 e. The summed E-state index contributed by atoms with van der Waals surface area (Å²) in [7, 11) is 0. The van der Waals surface area contributed by atoms with Crippen LogP contribution in [-0.2, 0) is 0 Å². The topological polar surface area (TPSA) is 64.5 Å². The predicted molar refractivity (Wildman–Crippen MR) is 229 cm³/mol. The zero-order chi connectivity index (χ0) is 39.3. The first-order valence-electron chi connectivity index (χ1n) is 18.2. The molecule has 5 heteroatoms. The SMILES string of the molecule is C.CC.CC.CC.CC.CC(C)C.CC(C)C.CC(C)C.CC(C)C.c1ccccc1.c1ccncc1.c1cnccn1.c1cncnc1. The van der Waals surface area contributed by atoms with E-state index in [1.165, 1.54) is 6.33 Å². The molecule has 1 aromatic carbocycles. The standard InChI is InChI=1S/C6H6.C5H5N.2C4H4N2.4C4H10.4C2H6.CH4/c2*1-2-4-6-5-3-1;1-2-6-4-3-5-1;1-2-5-4-6-3-1;4*1-4(2)3;4*1-2;/h1-6H;1-5H;2*1-4H;4*4H,1-3H3;4*1-2H3;1H4. The molecular weight excluding hydrogens is 599 g/mol. The highest BCUT2D eigenvalue weighted by Gasteiger charge is 1.69. The summed E-state index contributed by atoms with van der Waals surface area (Å²) in [5, 5.41) is 0. The van der Waals surface area contributed by atoms with Gasteiger partial charge < -0.3 is 0 Å². The summed E-state index contributed by atoms with van der Waals surface area (Å²) in [4.78, 5) is 18.6. The Kier molecular flexibility index (Phi) is 110. The molecule has 0 aliphatic carbocycles. The number of nitrogens with zero attached hydrogens (tertiary/aromatic N) is 5. The summed E-state index contributed by atoms with van der Waals surface area (Å²) >= 11 is 0. The highest BCUT2D eigenvalue weighted by atomic mass is 14.8. The number of hydrogen-bond acceptors (Lipinski definition) is 5. The van der Waals surface area contributed by atoms with Crippen LogP contribution in [-0.4, -0.2) is 24.9 Å². The van der Waals surface area contributed by atoms with Gasteiger partial charge in [0.1, 0.15) is 6.33 Å². The van der Waals surface area contributed by atoms with Gasteiger partial charge in [-0.1, -0.05) is 188 Å². The molecule has 288 valence electrons. The fourth-order valence-corrected chi connectivity index (χ4v) is 1.20. The van der Waals surface area contributed by atoms with Gasteiger partial charge in [-0.15, -0.1) is 0 Å². The van der Waals surface area contributed by atoms with Gasteiger partial charge in [0.25, 0.3) is 0 Å². The van der Waals surface area contributed by atoms with E-state index in [1.807, 2.05) is 110 Å². The van der Waals surface area contributed by atoms with Crippen molar-refractivity contribution < 1.29 is 0 Å². The second-order valence-corrected chi connectivity index (χ2v) is 10.9. The van der Waals surface area contributed by atoms with Crippen LogP contribution in [0.3, 0.4) is 0 Å². The van der Waals surface area contributed by atoms with E-state index in [2.05, 4.69) is 108 Å². The molecule has 0 aliphatic heterocycles. The van der Waals surface area contributed by atoms with Crippen LogP contribution in [0.4, 0.5) is 0 Å².